The zero-order chi connectivity index (χ0) is 22.3. The molecule has 0 aromatic carbocycles. The van der Waals surface area contributed by atoms with Crippen molar-refractivity contribution in [3.63, 3.8) is 0 Å². The predicted molar refractivity (Wildman–Crippen MR) is 108 cm³/mol. The van der Waals surface area contributed by atoms with E-state index in [2.05, 4.69) is 15.6 Å². The van der Waals surface area contributed by atoms with E-state index in [-0.39, 0.29) is 18.0 Å². The molecule has 0 bridgehead atoms. The van der Waals surface area contributed by atoms with Crippen LogP contribution < -0.4 is 10.6 Å². The number of nitrogens with zero attached hydrogens (tertiary/aromatic N) is 2. The van der Waals surface area contributed by atoms with E-state index in [0.717, 1.165) is 25.7 Å². The average molecular weight is 418 g/mol. The average Bonchev–Trinajstić information content (AvgIpc) is 3.25. The number of hydrogen-bond donors (Lipinski definition) is 2. The molecule has 4 unspecified atom stereocenters. The van der Waals surface area contributed by atoms with Crippen LogP contribution in [0.5, 0.6) is 0 Å². The largest absolute Gasteiger partial charge is 0.341 e. The molecule has 0 radical (unpaired) electrons. The molecule has 2 saturated heterocycles. The van der Waals surface area contributed by atoms with Crippen molar-refractivity contribution < 1.29 is 24.0 Å². The lowest BCUT2D eigenvalue weighted by Crippen LogP contribution is -2.56. The van der Waals surface area contributed by atoms with Crippen molar-refractivity contribution in [1.82, 2.24) is 15.5 Å². The third-order valence-electron chi connectivity index (χ3n) is 6.69. The number of unbranched alkanes of at least 4 members (excludes halogenated alkanes) is 2. The number of carbonyl (C=O) groups is 5. The Balaban J connectivity index is 2.05. The van der Waals surface area contributed by atoms with E-state index in [9.17, 15) is 24.0 Å². The molecule has 3 heterocycles. The molecule has 0 aliphatic carbocycles. The van der Waals surface area contributed by atoms with Gasteiger partial charge in [-0.1, -0.05) is 26.7 Å². The topological polar surface area (TPSA) is 125 Å². The number of amides is 5. The van der Waals surface area contributed by atoms with Crippen LogP contribution in [0.25, 0.3) is 0 Å². The molecule has 30 heavy (non-hydrogen) atoms. The molecule has 0 aromatic heterocycles. The van der Waals surface area contributed by atoms with Gasteiger partial charge in [-0.15, -0.1) is 0 Å². The second-order valence-electron chi connectivity index (χ2n) is 8.63. The summed E-state index contributed by atoms with van der Waals surface area (Å²) in [5.74, 6) is -4.89. The fourth-order valence-corrected chi connectivity index (χ4v) is 5.24. The Labute approximate surface area is 176 Å². The van der Waals surface area contributed by atoms with Crippen molar-refractivity contribution in [2.75, 3.05) is 13.1 Å². The highest BCUT2D eigenvalue weighted by Gasteiger charge is 2.74. The zero-order valence-corrected chi connectivity index (χ0v) is 18.0. The van der Waals surface area contributed by atoms with Crippen molar-refractivity contribution in [2.24, 2.45) is 22.2 Å². The first-order valence-electron chi connectivity index (χ1n) is 10.7. The number of carbonyl (C=O) groups excluding carboxylic acids is 5. The van der Waals surface area contributed by atoms with Crippen LogP contribution in [0.4, 0.5) is 0 Å². The van der Waals surface area contributed by atoms with Gasteiger partial charge in [-0.3, -0.25) is 39.6 Å². The normalized spacial score (nSPS) is 32.7. The predicted octanol–water partition coefficient (Wildman–Crippen LogP) is 0.570. The summed E-state index contributed by atoms with van der Waals surface area (Å²) in [4.78, 5) is 70.4. The molecule has 2 fully saturated rings. The Hall–Kier alpha value is -2.58. The van der Waals surface area contributed by atoms with Gasteiger partial charge >= 0.3 is 0 Å². The van der Waals surface area contributed by atoms with Crippen molar-refractivity contribution >= 4 is 35.2 Å². The Morgan fingerprint density at radius 2 is 1.67 bits per heavy atom. The van der Waals surface area contributed by atoms with E-state index in [4.69, 9.17) is 0 Å². The van der Waals surface area contributed by atoms with Crippen LogP contribution in [0, 0.1) is 17.3 Å². The first kappa shape index (κ1) is 22.1. The van der Waals surface area contributed by atoms with Crippen LogP contribution in [0.1, 0.15) is 59.8 Å². The lowest BCUT2D eigenvalue weighted by molar-refractivity contribution is -0.144. The van der Waals surface area contributed by atoms with Gasteiger partial charge in [0, 0.05) is 25.2 Å². The van der Waals surface area contributed by atoms with E-state index in [0.29, 0.717) is 13.1 Å². The first-order valence-corrected chi connectivity index (χ1v) is 10.7. The molecule has 9 heteroatoms. The molecule has 2 N–H and O–H groups in total. The van der Waals surface area contributed by atoms with Crippen LogP contribution in [0.3, 0.4) is 0 Å². The number of aliphatic imine (C=N–C) groups is 1. The SMILES string of the molecule is CCCCN(CCCC)C(=O)C1(C)N=C(C)C2(C3CC(=O)NC3=O)C(=O)NC(=O)C12. The molecule has 3 aliphatic heterocycles. The summed E-state index contributed by atoms with van der Waals surface area (Å²) in [5.41, 5.74) is -2.86. The minimum Gasteiger partial charge on any atom is -0.341 e. The van der Waals surface area contributed by atoms with Gasteiger partial charge in [0.2, 0.25) is 23.6 Å². The maximum Gasteiger partial charge on any atom is 0.251 e. The van der Waals surface area contributed by atoms with E-state index in [1.807, 2.05) is 13.8 Å². The van der Waals surface area contributed by atoms with Gasteiger partial charge in [0.1, 0.15) is 11.0 Å². The molecule has 0 saturated carbocycles. The monoisotopic (exact) mass is 418 g/mol. The lowest BCUT2D eigenvalue weighted by atomic mass is 9.61. The van der Waals surface area contributed by atoms with Crippen LogP contribution >= 0.6 is 0 Å². The van der Waals surface area contributed by atoms with Gasteiger partial charge in [0.25, 0.3) is 5.91 Å². The van der Waals surface area contributed by atoms with Gasteiger partial charge in [-0.05, 0) is 26.7 Å². The molecule has 0 spiro atoms. The highest BCUT2D eigenvalue weighted by molar-refractivity contribution is 6.27. The van der Waals surface area contributed by atoms with Gasteiger partial charge in [-0.25, -0.2) is 0 Å². The molecule has 4 atom stereocenters. The molecule has 164 valence electrons. The van der Waals surface area contributed by atoms with Gasteiger partial charge in [-0.2, -0.15) is 0 Å². The smallest absolute Gasteiger partial charge is 0.251 e. The summed E-state index contributed by atoms with van der Waals surface area (Å²) in [6.07, 6.45) is 3.24. The first-order chi connectivity index (χ1) is 14.1. The Bertz CT molecular complexity index is 829. The van der Waals surface area contributed by atoms with Crippen LogP contribution in [0.15, 0.2) is 4.99 Å². The van der Waals surface area contributed by atoms with E-state index < -0.39 is 46.4 Å². The van der Waals surface area contributed by atoms with Crippen molar-refractivity contribution in [1.29, 1.82) is 0 Å². The van der Waals surface area contributed by atoms with Gasteiger partial charge in [0.15, 0.2) is 0 Å². The fraction of sp³-hybridized carbons (Fsp3) is 0.714. The summed E-state index contributed by atoms with van der Waals surface area (Å²) >= 11 is 0. The maximum absolute atomic E-state index is 13.7. The molecule has 3 rings (SSSR count). The van der Waals surface area contributed by atoms with Crippen LogP contribution in [0.2, 0.25) is 0 Å². The summed E-state index contributed by atoms with van der Waals surface area (Å²) in [7, 11) is 0. The number of hydrogen-bond acceptors (Lipinski definition) is 6. The second-order valence-corrected chi connectivity index (χ2v) is 8.63. The number of fused-ring (bicyclic) bond motifs is 1. The Morgan fingerprint density at radius 1 is 1.07 bits per heavy atom. The van der Waals surface area contributed by atoms with Gasteiger partial charge in [0.05, 0.1) is 11.8 Å². The van der Waals surface area contributed by atoms with Crippen LogP contribution in [-0.4, -0.2) is 58.8 Å². The minimum atomic E-state index is -1.61. The maximum atomic E-state index is 13.7. The zero-order valence-electron chi connectivity index (χ0n) is 18.0. The quantitative estimate of drug-likeness (QED) is 0.558. The number of nitrogens with one attached hydrogen (secondary N) is 2. The van der Waals surface area contributed by atoms with E-state index in [1.54, 1.807) is 18.7 Å². The van der Waals surface area contributed by atoms with Crippen LogP contribution in [-0.2, 0) is 24.0 Å². The highest BCUT2D eigenvalue weighted by Crippen LogP contribution is 2.55. The second kappa shape index (κ2) is 7.92. The summed E-state index contributed by atoms with van der Waals surface area (Å²) in [5, 5.41) is 4.54. The molecule has 9 nitrogen and oxygen atoms in total. The number of imide groups is 2. The minimum absolute atomic E-state index is 0.206. The highest BCUT2D eigenvalue weighted by atomic mass is 16.2. The van der Waals surface area contributed by atoms with Gasteiger partial charge < -0.3 is 4.90 Å². The third kappa shape index (κ3) is 3.06. The van der Waals surface area contributed by atoms with Crippen molar-refractivity contribution in [3.8, 4) is 0 Å². The third-order valence-corrected chi connectivity index (χ3v) is 6.69. The summed E-state index contributed by atoms with van der Waals surface area (Å²) in [6, 6.07) is 0. The van der Waals surface area contributed by atoms with E-state index in [1.165, 1.54) is 0 Å². The molecule has 0 aromatic rings. The summed E-state index contributed by atoms with van der Waals surface area (Å²) < 4.78 is 0. The lowest BCUT2D eigenvalue weighted by Gasteiger charge is -2.36. The number of rotatable bonds is 8. The molecule has 5 amide bonds. The molecular formula is C21H30N4O5. The molecule has 3 aliphatic rings. The fourth-order valence-electron chi connectivity index (χ4n) is 5.24. The van der Waals surface area contributed by atoms with E-state index >= 15 is 0 Å². The molecular weight excluding hydrogens is 388 g/mol. The van der Waals surface area contributed by atoms with Crippen molar-refractivity contribution in [2.45, 2.75) is 65.3 Å². The van der Waals surface area contributed by atoms with Crippen molar-refractivity contribution in [3.05, 3.63) is 0 Å². The standard InChI is InChI=1S/C21H30N4O5/c1-5-7-9-25(10-8-6-2)19(30)20(4)15-17(28)23-18(29)21(15,12(3)24-20)13-11-14(26)22-16(13)27/h13,15H,5-11H2,1-4H3,(H,22,26,27)(H,23,28,29). The Morgan fingerprint density at radius 3 is 2.17 bits per heavy atom. The summed E-state index contributed by atoms with van der Waals surface area (Å²) in [6.45, 7) is 8.29. The Kier molecular flexibility index (Phi) is 5.84.